The molecule has 1 N–H and O–H groups in total. The van der Waals surface area contributed by atoms with Crippen LogP contribution in [0.1, 0.15) is 311 Å². The molecule has 0 saturated carbocycles. The van der Waals surface area contributed by atoms with Crippen LogP contribution < -0.4 is 0 Å². The predicted octanol–water partition coefficient (Wildman–Crippen LogP) is 19.4. The van der Waals surface area contributed by atoms with Crippen molar-refractivity contribution < 1.29 is 29.0 Å². The average molecular weight is 906 g/mol. The highest BCUT2D eigenvalue weighted by atomic mass is 16.5. The van der Waals surface area contributed by atoms with E-state index in [0.29, 0.717) is 38.4 Å². The SMILES string of the molecule is CCCCC/C=C\C/C=C\CCCCCCCC(=O)OCC.CCCCCCCCCCCCCCCC(=O)OCC(C)C.CCCCCCCCCCCCCCCCCC(=O)O. The third-order valence-electron chi connectivity index (χ3n) is 11.7. The van der Waals surface area contributed by atoms with Crippen molar-refractivity contribution in [2.75, 3.05) is 13.2 Å². The third kappa shape index (κ3) is 68.9. The van der Waals surface area contributed by atoms with Crippen LogP contribution in [0.4, 0.5) is 0 Å². The number of allylic oxidation sites excluding steroid dienone is 4. The zero-order chi connectivity index (χ0) is 47.7. The van der Waals surface area contributed by atoms with Gasteiger partial charge in [0.05, 0.1) is 13.2 Å². The van der Waals surface area contributed by atoms with Crippen LogP contribution in [0.15, 0.2) is 24.3 Å². The molecule has 0 bridgehead atoms. The van der Waals surface area contributed by atoms with Crippen molar-refractivity contribution in [2.24, 2.45) is 5.92 Å². The van der Waals surface area contributed by atoms with Crippen LogP contribution in [0, 0.1) is 5.92 Å². The molecule has 0 aromatic rings. The van der Waals surface area contributed by atoms with Crippen molar-refractivity contribution in [3.8, 4) is 0 Å². The Balaban J connectivity index is -0.000000873. The second-order valence-corrected chi connectivity index (χ2v) is 18.9. The van der Waals surface area contributed by atoms with Gasteiger partial charge in [-0.3, -0.25) is 14.4 Å². The number of carboxylic acids is 1. The summed E-state index contributed by atoms with van der Waals surface area (Å²) in [4.78, 5) is 32.9. The van der Waals surface area contributed by atoms with Crippen LogP contribution in [0.25, 0.3) is 0 Å². The van der Waals surface area contributed by atoms with Gasteiger partial charge in [-0.2, -0.15) is 0 Å². The Hall–Kier alpha value is -2.11. The number of unbranched alkanes of at least 4 members (excludes halogenated alkanes) is 34. The zero-order valence-corrected chi connectivity index (χ0v) is 44.0. The van der Waals surface area contributed by atoms with Gasteiger partial charge in [0.25, 0.3) is 0 Å². The minimum atomic E-state index is -0.653. The largest absolute Gasteiger partial charge is 0.481 e. The second kappa shape index (κ2) is 60.9. The molecule has 0 amide bonds. The summed E-state index contributed by atoms with van der Waals surface area (Å²) in [5.41, 5.74) is 0. The molecule has 0 unspecified atom stereocenters. The molecular formula is C58H112O6. The van der Waals surface area contributed by atoms with Gasteiger partial charge >= 0.3 is 17.9 Å². The summed E-state index contributed by atoms with van der Waals surface area (Å²) in [5, 5.41) is 8.52. The number of aliphatic carboxylic acids is 1. The third-order valence-corrected chi connectivity index (χ3v) is 11.7. The number of hydrogen-bond acceptors (Lipinski definition) is 5. The molecule has 0 heterocycles. The van der Waals surface area contributed by atoms with Crippen molar-refractivity contribution in [1.29, 1.82) is 0 Å². The lowest BCUT2D eigenvalue weighted by atomic mass is 10.0. The first-order valence-electron chi connectivity index (χ1n) is 28.1. The predicted molar refractivity (Wildman–Crippen MR) is 279 cm³/mol. The van der Waals surface area contributed by atoms with Crippen LogP contribution >= 0.6 is 0 Å². The monoisotopic (exact) mass is 905 g/mol. The molecule has 64 heavy (non-hydrogen) atoms. The maximum Gasteiger partial charge on any atom is 0.305 e. The van der Waals surface area contributed by atoms with E-state index >= 15 is 0 Å². The Labute approximate surface area is 400 Å². The first-order chi connectivity index (χ1) is 31.2. The Morgan fingerprint density at radius 3 is 0.984 bits per heavy atom. The van der Waals surface area contributed by atoms with Gasteiger partial charge in [-0.15, -0.1) is 0 Å². The van der Waals surface area contributed by atoms with Crippen LogP contribution in [0.3, 0.4) is 0 Å². The van der Waals surface area contributed by atoms with Gasteiger partial charge in [-0.1, -0.05) is 258 Å². The average Bonchev–Trinajstić information content (AvgIpc) is 3.27. The molecule has 0 aromatic carbocycles. The summed E-state index contributed by atoms with van der Waals surface area (Å²) in [6, 6.07) is 0. The van der Waals surface area contributed by atoms with E-state index in [1.54, 1.807) is 0 Å². The van der Waals surface area contributed by atoms with E-state index in [1.807, 2.05) is 6.92 Å². The first-order valence-corrected chi connectivity index (χ1v) is 28.1. The van der Waals surface area contributed by atoms with Gasteiger partial charge in [0.15, 0.2) is 0 Å². The fourth-order valence-electron chi connectivity index (χ4n) is 7.58. The number of carboxylic acid groups (broad SMARTS) is 1. The molecule has 0 atom stereocenters. The van der Waals surface area contributed by atoms with Crippen LogP contribution in [0.5, 0.6) is 0 Å². The number of carbonyl (C=O) groups is 3. The van der Waals surface area contributed by atoms with Gasteiger partial charge in [0, 0.05) is 19.3 Å². The molecule has 0 radical (unpaired) electrons. The van der Waals surface area contributed by atoms with Crippen molar-refractivity contribution >= 4 is 17.9 Å². The lowest BCUT2D eigenvalue weighted by Crippen LogP contribution is -2.09. The molecule has 6 heteroatoms. The van der Waals surface area contributed by atoms with E-state index in [-0.39, 0.29) is 11.9 Å². The smallest absolute Gasteiger partial charge is 0.305 e. The number of rotatable bonds is 47. The molecule has 6 nitrogen and oxygen atoms in total. The fraction of sp³-hybridized carbons (Fsp3) is 0.879. The molecule has 0 spiro atoms. The second-order valence-electron chi connectivity index (χ2n) is 18.9. The lowest BCUT2D eigenvalue weighted by Gasteiger charge is -2.07. The van der Waals surface area contributed by atoms with Crippen LogP contribution in [-0.2, 0) is 23.9 Å². The van der Waals surface area contributed by atoms with Crippen LogP contribution in [0.2, 0.25) is 0 Å². The Kier molecular flexibility index (Phi) is 62.9. The minimum absolute atomic E-state index is 0.0169. The molecule has 380 valence electrons. The quantitative estimate of drug-likeness (QED) is 0.0372. The number of ether oxygens (including phenoxy) is 2. The Bertz CT molecular complexity index is 972. The van der Waals surface area contributed by atoms with E-state index < -0.39 is 5.97 Å². The maximum absolute atomic E-state index is 11.4. The summed E-state index contributed by atoms with van der Waals surface area (Å²) in [7, 11) is 0. The van der Waals surface area contributed by atoms with E-state index in [2.05, 4.69) is 58.9 Å². The molecule has 0 fully saturated rings. The molecule has 0 saturated heterocycles. The molecular weight excluding hydrogens is 793 g/mol. The van der Waals surface area contributed by atoms with E-state index in [0.717, 1.165) is 38.5 Å². The highest BCUT2D eigenvalue weighted by Gasteiger charge is 2.04. The summed E-state index contributed by atoms with van der Waals surface area (Å²) in [6.07, 6.45) is 61.3. The Morgan fingerprint density at radius 2 is 0.656 bits per heavy atom. The standard InChI is InChI=1S/C20H40O2.C20H36O2.C18H36O2/c1-4-5-6-7-8-9-10-11-12-13-14-15-16-17-20(21)22-18-19(2)3;1-3-5-6-7-8-9-10-11-12-13-14-15-16-17-18-19-20(21)22-4-2;1-2-3-4-5-6-7-8-9-10-11-12-13-14-15-16-17-18(19)20/h19H,4-18H2,1-3H3;8-9,11-12H,3-7,10,13-19H2,1-2H3;2-17H2,1H3,(H,19,20)/b;9-8-,12-11-;. The topological polar surface area (TPSA) is 89.9 Å². The first kappa shape index (κ1) is 66.2. The minimum Gasteiger partial charge on any atom is -0.481 e. The van der Waals surface area contributed by atoms with E-state index in [4.69, 9.17) is 14.6 Å². The normalized spacial score (nSPS) is 11.2. The van der Waals surface area contributed by atoms with Gasteiger partial charge in [0.2, 0.25) is 0 Å². The summed E-state index contributed by atoms with van der Waals surface area (Å²) >= 11 is 0. The van der Waals surface area contributed by atoms with Gasteiger partial charge in [0.1, 0.15) is 0 Å². The highest BCUT2D eigenvalue weighted by molar-refractivity contribution is 5.69. The Morgan fingerprint density at radius 1 is 0.375 bits per heavy atom. The summed E-state index contributed by atoms with van der Waals surface area (Å²) in [5.74, 6) is -0.278. The van der Waals surface area contributed by atoms with Gasteiger partial charge in [-0.25, -0.2) is 0 Å². The van der Waals surface area contributed by atoms with Crippen molar-refractivity contribution in [2.45, 2.75) is 311 Å². The van der Waals surface area contributed by atoms with Gasteiger partial charge < -0.3 is 14.6 Å². The molecule has 0 aromatic heterocycles. The van der Waals surface area contributed by atoms with Crippen LogP contribution in [-0.4, -0.2) is 36.2 Å². The summed E-state index contributed by atoms with van der Waals surface area (Å²) in [6.45, 7) is 13.8. The maximum atomic E-state index is 11.4. The van der Waals surface area contributed by atoms with Gasteiger partial charge in [-0.05, 0) is 64.2 Å². The van der Waals surface area contributed by atoms with E-state index in [9.17, 15) is 14.4 Å². The highest BCUT2D eigenvalue weighted by Crippen LogP contribution is 2.15. The molecule has 0 rings (SSSR count). The fourth-order valence-corrected chi connectivity index (χ4v) is 7.58. The number of esters is 2. The lowest BCUT2D eigenvalue weighted by molar-refractivity contribution is -0.145. The number of carbonyl (C=O) groups excluding carboxylic acids is 2. The molecule has 0 aliphatic carbocycles. The zero-order valence-electron chi connectivity index (χ0n) is 44.0. The van der Waals surface area contributed by atoms with Crippen molar-refractivity contribution in [1.82, 2.24) is 0 Å². The molecule has 0 aliphatic rings. The van der Waals surface area contributed by atoms with Crippen molar-refractivity contribution in [3.05, 3.63) is 24.3 Å². The molecule has 0 aliphatic heterocycles. The van der Waals surface area contributed by atoms with Crippen molar-refractivity contribution in [3.63, 3.8) is 0 Å². The summed E-state index contributed by atoms with van der Waals surface area (Å²) < 4.78 is 10.1. The van der Waals surface area contributed by atoms with E-state index in [1.165, 1.54) is 212 Å². The number of hydrogen-bond donors (Lipinski definition) is 1.